The zero-order chi connectivity index (χ0) is 16.2. The van der Waals surface area contributed by atoms with E-state index in [4.69, 9.17) is 0 Å². The van der Waals surface area contributed by atoms with Crippen molar-refractivity contribution in [2.45, 2.75) is 13.5 Å². The summed E-state index contributed by atoms with van der Waals surface area (Å²) >= 11 is 1.60. The van der Waals surface area contributed by atoms with E-state index in [9.17, 15) is 9.18 Å². The van der Waals surface area contributed by atoms with Crippen LogP contribution in [0.15, 0.2) is 66.0 Å². The average Bonchev–Trinajstić information content (AvgIpc) is 3.06. The van der Waals surface area contributed by atoms with E-state index in [-0.39, 0.29) is 11.7 Å². The second-order valence-corrected chi connectivity index (χ2v) is 6.35. The summed E-state index contributed by atoms with van der Waals surface area (Å²) in [4.78, 5) is 15.7. The maximum absolute atomic E-state index is 13.2. The number of hydrogen-bond donors (Lipinski definition) is 0. The van der Waals surface area contributed by atoms with Gasteiger partial charge in [-0.05, 0) is 54.8 Å². The third-order valence-corrected chi connectivity index (χ3v) is 4.40. The van der Waals surface area contributed by atoms with Crippen LogP contribution in [-0.4, -0.2) is 5.91 Å². The summed E-state index contributed by atoms with van der Waals surface area (Å²) in [5.41, 5.74) is 2.35. The van der Waals surface area contributed by atoms with Crippen molar-refractivity contribution in [3.8, 4) is 0 Å². The monoisotopic (exact) mass is 325 g/mol. The van der Waals surface area contributed by atoms with Gasteiger partial charge in [0.2, 0.25) is 0 Å². The third kappa shape index (κ3) is 3.66. The molecule has 23 heavy (non-hydrogen) atoms. The van der Waals surface area contributed by atoms with Crippen LogP contribution in [-0.2, 0) is 6.54 Å². The first-order valence-corrected chi connectivity index (χ1v) is 8.18. The molecule has 3 rings (SSSR count). The fourth-order valence-corrected chi connectivity index (χ4v) is 3.09. The Morgan fingerprint density at radius 3 is 2.52 bits per heavy atom. The quantitative estimate of drug-likeness (QED) is 0.658. The van der Waals surface area contributed by atoms with Gasteiger partial charge in [-0.3, -0.25) is 4.79 Å². The Morgan fingerprint density at radius 1 is 1.09 bits per heavy atom. The first kappa shape index (κ1) is 15.4. The minimum absolute atomic E-state index is 0.0892. The number of benzene rings is 2. The Hall–Kier alpha value is -2.46. The zero-order valence-corrected chi connectivity index (χ0v) is 13.5. The standard InChI is InChI=1S/C19H16FNOS/c1-14-4-2-5-15(12-14)19(22)21(13-18-6-3-11-23-18)17-9-7-16(20)8-10-17/h2-12H,13H2,1H3. The predicted molar refractivity (Wildman–Crippen MR) is 92.4 cm³/mol. The van der Waals surface area contributed by atoms with Crippen LogP contribution in [0.5, 0.6) is 0 Å². The van der Waals surface area contributed by atoms with Crippen LogP contribution in [0.2, 0.25) is 0 Å². The van der Waals surface area contributed by atoms with Crippen LogP contribution < -0.4 is 4.90 Å². The van der Waals surface area contributed by atoms with Crippen molar-refractivity contribution < 1.29 is 9.18 Å². The number of carbonyl (C=O) groups is 1. The first-order chi connectivity index (χ1) is 11.1. The second-order valence-electron chi connectivity index (χ2n) is 5.32. The lowest BCUT2D eigenvalue weighted by Gasteiger charge is -2.22. The molecule has 0 aliphatic carbocycles. The van der Waals surface area contributed by atoms with E-state index in [1.165, 1.54) is 12.1 Å². The summed E-state index contributed by atoms with van der Waals surface area (Å²) in [6, 6.07) is 17.5. The highest BCUT2D eigenvalue weighted by Crippen LogP contribution is 2.23. The highest BCUT2D eigenvalue weighted by molar-refractivity contribution is 7.09. The summed E-state index contributed by atoms with van der Waals surface area (Å²) in [6.07, 6.45) is 0. The van der Waals surface area contributed by atoms with Gasteiger partial charge in [-0.2, -0.15) is 0 Å². The molecular formula is C19H16FNOS. The Bertz CT molecular complexity index is 797. The molecule has 116 valence electrons. The minimum atomic E-state index is -0.312. The number of aryl methyl sites for hydroxylation is 1. The van der Waals surface area contributed by atoms with Crippen molar-refractivity contribution in [3.63, 3.8) is 0 Å². The van der Waals surface area contributed by atoms with Crippen LogP contribution in [0.25, 0.3) is 0 Å². The molecule has 1 amide bonds. The molecule has 0 bridgehead atoms. The Balaban J connectivity index is 1.97. The zero-order valence-electron chi connectivity index (χ0n) is 12.7. The molecule has 4 heteroatoms. The summed E-state index contributed by atoms with van der Waals surface area (Å²) in [7, 11) is 0. The van der Waals surface area contributed by atoms with Gasteiger partial charge in [0.05, 0.1) is 6.54 Å². The van der Waals surface area contributed by atoms with Gasteiger partial charge in [0.1, 0.15) is 5.82 Å². The van der Waals surface area contributed by atoms with Crippen molar-refractivity contribution in [2.24, 2.45) is 0 Å². The minimum Gasteiger partial charge on any atom is -0.303 e. The molecule has 1 heterocycles. The van der Waals surface area contributed by atoms with E-state index >= 15 is 0 Å². The Morgan fingerprint density at radius 2 is 1.87 bits per heavy atom. The van der Waals surface area contributed by atoms with Crippen LogP contribution in [0.4, 0.5) is 10.1 Å². The number of amides is 1. The van der Waals surface area contributed by atoms with Crippen molar-refractivity contribution in [2.75, 3.05) is 4.90 Å². The molecule has 3 aromatic rings. The number of nitrogens with zero attached hydrogens (tertiary/aromatic N) is 1. The van der Waals surface area contributed by atoms with Crippen LogP contribution in [0.1, 0.15) is 20.8 Å². The van der Waals surface area contributed by atoms with Crippen molar-refractivity contribution in [1.29, 1.82) is 0 Å². The summed E-state index contributed by atoms with van der Waals surface area (Å²) in [5, 5.41) is 1.98. The summed E-state index contributed by atoms with van der Waals surface area (Å²) in [6.45, 7) is 2.42. The molecule has 2 nitrogen and oxygen atoms in total. The van der Waals surface area contributed by atoms with Gasteiger partial charge < -0.3 is 4.90 Å². The van der Waals surface area contributed by atoms with E-state index < -0.39 is 0 Å². The molecule has 0 N–H and O–H groups in total. The van der Waals surface area contributed by atoms with Gasteiger partial charge in [-0.1, -0.05) is 23.8 Å². The van der Waals surface area contributed by atoms with Gasteiger partial charge in [-0.25, -0.2) is 4.39 Å². The molecule has 0 aliphatic rings. The molecule has 0 aliphatic heterocycles. The maximum atomic E-state index is 13.2. The highest BCUT2D eigenvalue weighted by Gasteiger charge is 2.18. The van der Waals surface area contributed by atoms with Crippen molar-refractivity contribution >= 4 is 22.9 Å². The predicted octanol–water partition coefficient (Wildman–Crippen LogP) is 5.04. The molecule has 0 radical (unpaired) electrons. The second kappa shape index (κ2) is 6.75. The lowest BCUT2D eigenvalue weighted by molar-refractivity contribution is 0.0985. The number of thiophene rings is 1. The summed E-state index contributed by atoms with van der Waals surface area (Å²) < 4.78 is 13.2. The fourth-order valence-electron chi connectivity index (χ4n) is 2.39. The number of rotatable bonds is 4. The van der Waals surface area contributed by atoms with Gasteiger partial charge in [0, 0.05) is 16.1 Å². The maximum Gasteiger partial charge on any atom is 0.258 e. The van der Waals surface area contributed by atoms with Gasteiger partial charge in [0.15, 0.2) is 0 Å². The van der Waals surface area contributed by atoms with Crippen molar-refractivity contribution in [1.82, 2.24) is 0 Å². The molecule has 0 spiro atoms. The lowest BCUT2D eigenvalue weighted by atomic mass is 10.1. The first-order valence-electron chi connectivity index (χ1n) is 7.30. The number of halogens is 1. The molecule has 2 aromatic carbocycles. The molecule has 0 unspecified atom stereocenters. The molecule has 0 saturated carbocycles. The third-order valence-electron chi connectivity index (χ3n) is 3.54. The topological polar surface area (TPSA) is 20.3 Å². The molecule has 1 aromatic heterocycles. The van der Waals surface area contributed by atoms with E-state index in [1.54, 1.807) is 34.4 Å². The Labute approximate surface area is 138 Å². The van der Waals surface area contributed by atoms with E-state index in [1.807, 2.05) is 42.6 Å². The van der Waals surface area contributed by atoms with Crippen LogP contribution in [0, 0.1) is 12.7 Å². The fraction of sp³-hybridized carbons (Fsp3) is 0.105. The van der Waals surface area contributed by atoms with Crippen LogP contribution in [0.3, 0.4) is 0 Å². The van der Waals surface area contributed by atoms with E-state index in [0.717, 1.165) is 10.4 Å². The molecule has 0 atom stereocenters. The number of anilines is 1. The molecule has 0 saturated heterocycles. The Kier molecular flexibility index (Phi) is 4.53. The average molecular weight is 325 g/mol. The normalized spacial score (nSPS) is 10.5. The van der Waals surface area contributed by atoms with Gasteiger partial charge >= 0.3 is 0 Å². The largest absolute Gasteiger partial charge is 0.303 e. The van der Waals surface area contributed by atoms with E-state index in [2.05, 4.69) is 0 Å². The smallest absolute Gasteiger partial charge is 0.258 e. The van der Waals surface area contributed by atoms with Crippen molar-refractivity contribution in [3.05, 3.63) is 87.9 Å². The SMILES string of the molecule is Cc1cccc(C(=O)N(Cc2cccs2)c2ccc(F)cc2)c1. The molecule has 0 fully saturated rings. The summed E-state index contributed by atoms with van der Waals surface area (Å²) in [5.74, 6) is -0.401. The van der Waals surface area contributed by atoms with E-state index in [0.29, 0.717) is 17.8 Å². The van der Waals surface area contributed by atoms with Gasteiger partial charge in [-0.15, -0.1) is 11.3 Å². The van der Waals surface area contributed by atoms with Crippen LogP contribution >= 0.6 is 11.3 Å². The lowest BCUT2D eigenvalue weighted by Crippen LogP contribution is -2.30. The highest BCUT2D eigenvalue weighted by atomic mass is 32.1. The molecular weight excluding hydrogens is 309 g/mol. The number of hydrogen-bond acceptors (Lipinski definition) is 2. The van der Waals surface area contributed by atoms with Gasteiger partial charge in [0.25, 0.3) is 5.91 Å². The number of carbonyl (C=O) groups excluding carboxylic acids is 1.